The van der Waals surface area contributed by atoms with Gasteiger partial charge < -0.3 is 15.6 Å². The molecule has 0 bridgehead atoms. The van der Waals surface area contributed by atoms with Crippen LogP contribution in [0.3, 0.4) is 0 Å². The Balaban J connectivity index is 2.33. The first-order chi connectivity index (χ1) is 11.1. The second kappa shape index (κ2) is 6.81. The first kappa shape index (κ1) is 18.3. The number of hydrogen-bond donors (Lipinski definition) is 3. The van der Waals surface area contributed by atoms with Gasteiger partial charge in [-0.25, -0.2) is 4.79 Å². The highest BCUT2D eigenvalue weighted by molar-refractivity contribution is 5.90. The normalized spacial score (nSPS) is 24.2. The third kappa shape index (κ3) is 4.06. The molecule has 1 aromatic carbocycles. The van der Waals surface area contributed by atoms with E-state index >= 15 is 0 Å². The SMILES string of the molecule is CC(C)(C)OC(=O)Nc1ccccc1C1(C(=O)O)CCC(N)CC1. The van der Waals surface area contributed by atoms with E-state index in [-0.39, 0.29) is 6.04 Å². The number of nitrogens with two attached hydrogens (primary N) is 1. The van der Waals surface area contributed by atoms with Gasteiger partial charge in [0.05, 0.1) is 5.41 Å². The summed E-state index contributed by atoms with van der Waals surface area (Å²) >= 11 is 0. The Morgan fingerprint density at radius 1 is 1.25 bits per heavy atom. The van der Waals surface area contributed by atoms with E-state index in [9.17, 15) is 14.7 Å². The van der Waals surface area contributed by atoms with Crippen LogP contribution < -0.4 is 11.1 Å². The van der Waals surface area contributed by atoms with E-state index in [1.54, 1.807) is 45.0 Å². The van der Waals surface area contributed by atoms with Gasteiger partial charge in [0.15, 0.2) is 0 Å². The Morgan fingerprint density at radius 3 is 2.38 bits per heavy atom. The third-order valence-electron chi connectivity index (χ3n) is 4.37. The fraction of sp³-hybridized carbons (Fsp3) is 0.556. The van der Waals surface area contributed by atoms with Crippen LogP contribution in [0.15, 0.2) is 24.3 Å². The van der Waals surface area contributed by atoms with Crippen LogP contribution in [0.1, 0.15) is 52.0 Å². The highest BCUT2D eigenvalue weighted by atomic mass is 16.6. The van der Waals surface area contributed by atoms with Gasteiger partial charge >= 0.3 is 12.1 Å². The summed E-state index contributed by atoms with van der Waals surface area (Å²) in [5.74, 6) is -0.882. The molecule has 6 nitrogen and oxygen atoms in total. The van der Waals surface area contributed by atoms with Crippen molar-refractivity contribution in [1.29, 1.82) is 0 Å². The molecule has 1 aromatic rings. The summed E-state index contributed by atoms with van der Waals surface area (Å²) in [4.78, 5) is 24.2. The maximum atomic E-state index is 12.1. The van der Waals surface area contributed by atoms with Crippen LogP contribution in [-0.2, 0) is 14.9 Å². The molecular formula is C18H26N2O4. The van der Waals surface area contributed by atoms with Gasteiger partial charge in [0, 0.05) is 11.7 Å². The molecule has 0 aromatic heterocycles. The van der Waals surface area contributed by atoms with Gasteiger partial charge in [-0.1, -0.05) is 18.2 Å². The average molecular weight is 334 g/mol. The van der Waals surface area contributed by atoms with Crippen LogP contribution in [0.2, 0.25) is 0 Å². The number of rotatable bonds is 3. The monoisotopic (exact) mass is 334 g/mol. The molecule has 132 valence electrons. The van der Waals surface area contributed by atoms with E-state index in [1.165, 1.54) is 0 Å². The van der Waals surface area contributed by atoms with Crippen molar-refractivity contribution in [3.63, 3.8) is 0 Å². The first-order valence-electron chi connectivity index (χ1n) is 8.22. The number of carbonyl (C=O) groups is 2. The third-order valence-corrected chi connectivity index (χ3v) is 4.37. The Hall–Kier alpha value is -2.08. The van der Waals surface area contributed by atoms with Gasteiger partial charge in [0.1, 0.15) is 5.60 Å². The molecule has 4 N–H and O–H groups in total. The number of carbonyl (C=O) groups excluding carboxylic acids is 1. The summed E-state index contributed by atoms with van der Waals surface area (Å²) in [7, 11) is 0. The van der Waals surface area contributed by atoms with Crippen molar-refractivity contribution in [2.24, 2.45) is 5.73 Å². The highest BCUT2D eigenvalue weighted by Gasteiger charge is 2.44. The van der Waals surface area contributed by atoms with Crippen LogP contribution >= 0.6 is 0 Å². The number of ether oxygens (including phenoxy) is 1. The zero-order chi connectivity index (χ0) is 18.0. The van der Waals surface area contributed by atoms with Gasteiger partial charge in [-0.05, 0) is 58.1 Å². The molecule has 0 spiro atoms. The molecule has 6 heteroatoms. The number of carboxylic acids is 1. The second-order valence-corrected chi connectivity index (χ2v) is 7.40. The number of para-hydroxylation sites is 1. The number of amides is 1. The van der Waals surface area contributed by atoms with Gasteiger partial charge in [0.25, 0.3) is 0 Å². The summed E-state index contributed by atoms with van der Waals surface area (Å²) in [6, 6.07) is 7.05. The van der Waals surface area contributed by atoms with Crippen molar-refractivity contribution in [3.8, 4) is 0 Å². The predicted octanol–water partition coefficient (Wildman–Crippen LogP) is 3.26. The first-order valence-corrected chi connectivity index (χ1v) is 8.22. The van der Waals surface area contributed by atoms with Crippen molar-refractivity contribution < 1.29 is 19.4 Å². The smallest absolute Gasteiger partial charge is 0.412 e. The Kier molecular flexibility index (Phi) is 5.18. The number of carboxylic acid groups (broad SMARTS) is 1. The van der Waals surface area contributed by atoms with Crippen LogP contribution in [0, 0.1) is 0 Å². The summed E-state index contributed by atoms with van der Waals surface area (Å²) in [5, 5.41) is 12.6. The quantitative estimate of drug-likeness (QED) is 0.787. The van der Waals surface area contributed by atoms with E-state index < -0.39 is 23.1 Å². The van der Waals surface area contributed by atoms with Gasteiger partial charge in [-0.3, -0.25) is 10.1 Å². The summed E-state index contributed by atoms with van der Waals surface area (Å²) < 4.78 is 5.28. The van der Waals surface area contributed by atoms with E-state index in [1.807, 2.05) is 0 Å². The minimum Gasteiger partial charge on any atom is -0.481 e. The lowest BCUT2D eigenvalue weighted by atomic mass is 9.68. The number of nitrogens with one attached hydrogen (secondary N) is 1. The second-order valence-electron chi connectivity index (χ2n) is 7.40. The minimum absolute atomic E-state index is 0.0310. The molecule has 0 unspecified atom stereocenters. The summed E-state index contributed by atoms with van der Waals surface area (Å²) in [6.45, 7) is 5.33. The predicted molar refractivity (Wildman–Crippen MR) is 92.1 cm³/mol. The zero-order valence-corrected chi connectivity index (χ0v) is 14.5. The molecule has 2 rings (SSSR count). The Bertz CT molecular complexity index is 614. The van der Waals surface area contributed by atoms with Crippen molar-refractivity contribution in [1.82, 2.24) is 0 Å². The number of hydrogen-bond acceptors (Lipinski definition) is 4. The van der Waals surface area contributed by atoms with Crippen molar-refractivity contribution in [3.05, 3.63) is 29.8 Å². The fourth-order valence-electron chi connectivity index (χ4n) is 3.15. The van der Waals surface area contributed by atoms with Gasteiger partial charge in [-0.2, -0.15) is 0 Å². The molecule has 1 fully saturated rings. The molecule has 1 amide bonds. The molecule has 1 saturated carbocycles. The summed E-state index contributed by atoms with van der Waals surface area (Å²) in [5.41, 5.74) is 5.37. The molecule has 0 atom stereocenters. The van der Waals surface area contributed by atoms with Crippen LogP contribution in [0.25, 0.3) is 0 Å². The maximum absolute atomic E-state index is 12.1. The minimum atomic E-state index is -1.03. The Labute approximate surface area is 142 Å². The lowest BCUT2D eigenvalue weighted by molar-refractivity contribution is -0.145. The Morgan fingerprint density at radius 2 is 1.83 bits per heavy atom. The number of anilines is 1. The maximum Gasteiger partial charge on any atom is 0.412 e. The lowest BCUT2D eigenvalue weighted by Crippen LogP contribution is -2.43. The molecule has 1 aliphatic rings. The average Bonchev–Trinajstić information content (AvgIpc) is 2.47. The molecule has 0 saturated heterocycles. The number of aliphatic carboxylic acids is 1. The largest absolute Gasteiger partial charge is 0.481 e. The van der Waals surface area contributed by atoms with Gasteiger partial charge in [0.2, 0.25) is 0 Å². The van der Waals surface area contributed by atoms with E-state index in [4.69, 9.17) is 10.5 Å². The van der Waals surface area contributed by atoms with Crippen LogP contribution in [0.5, 0.6) is 0 Å². The molecule has 0 radical (unpaired) electrons. The number of benzene rings is 1. The standard InChI is InChI=1S/C18H26N2O4/c1-17(2,3)24-16(23)20-14-7-5-4-6-13(14)18(15(21)22)10-8-12(19)9-11-18/h4-7,12H,8-11,19H2,1-3H3,(H,20,23)(H,21,22). The lowest BCUT2D eigenvalue weighted by Gasteiger charge is -2.37. The van der Waals surface area contributed by atoms with Crippen LogP contribution in [-0.4, -0.2) is 28.8 Å². The van der Waals surface area contributed by atoms with Gasteiger partial charge in [-0.15, -0.1) is 0 Å². The topological polar surface area (TPSA) is 102 Å². The summed E-state index contributed by atoms with van der Waals surface area (Å²) in [6.07, 6.45) is 1.61. The zero-order valence-electron chi connectivity index (χ0n) is 14.5. The highest BCUT2D eigenvalue weighted by Crippen LogP contribution is 2.42. The van der Waals surface area contributed by atoms with Crippen molar-refractivity contribution >= 4 is 17.7 Å². The molecule has 24 heavy (non-hydrogen) atoms. The molecule has 1 aliphatic carbocycles. The molecular weight excluding hydrogens is 308 g/mol. The molecule has 0 heterocycles. The van der Waals surface area contributed by atoms with Crippen molar-refractivity contribution in [2.75, 3.05) is 5.32 Å². The van der Waals surface area contributed by atoms with Crippen LogP contribution in [0.4, 0.5) is 10.5 Å². The van der Waals surface area contributed by atoms with Crippen molar-refractivity contribution in [2.45, 2.75) is 63.5 Å². The van der Waals surface area contributed by atoms with E-state index in [2.05, 4.69) is 5.32 Å². The fourth-order valence-corrected chi connectivity index (χ4v) is 3.15. The molecule has 0 aliphatic heterocycles. The van der Waals surface area contributed by atoms with E-state index in [0.29, 0.717) is 36.9 Å². The van der Waals surface area contributed by atoms with E-state index in [0.717, 1.165) is 0 Å².